The molecule has 0 bridgehead atoms. The summed E-state index contributed by atoms with van der Waals surface area (Å²) in [6.07, 6.45) is 0. The van der Waals surface area contributed by atoms with Gasteiger partial charge in [0.05, 0.1) is 5.56 Å². The molecule has 3 aromatic carbocycles. The topological polar surface area (TPSA) is 69.2 Å². The predicted molar refractivity (Wildman–Crippen MR) is 119 cm³/mol. The average molecular weight is 469 g/mol. The maximum absolute atomic E-state index is 12.2. The minimum absolute atomic E-state index is 0.130. The molecule has 0 aliphatic heterocycles. The van der Waals surface area contributed by atoms with E-state index < -0.39 is 0 Å². The number of oxime groups is 1. The number of carbonyl (C=O) groups is 1. The molecule has 3 aromatic rings. The summed E-state index contributed by atoms with van der Waals surface area (Å²) in [5.41, 5.74) is 1.60. The second-order valence-corrected chi connectivity index (χ2v) is 7.11. The van der Waals surface area contributed by atoms with E-state index in [0.717, 1.165) is 15.8 Å². The predicted octanol–water partition coefficient (Wildman–Crippen LogP) is 4.92. The van der Waals surface area contributed by atoms with Gasteiger partial charge in [0, 0.05) is 11.5 Å². The molecular formula is C23H21BrN2O4. The maximum Gasteiger partial charge on any atom is 0.273 e. The minimum atomic E-state index is -0.371. The Hall–Kier alpha value is -3.32. The fourth-order valence-corrected chi connectivity index (χ4v) is 2.96. The lowest BCUT2D eigenvalue weighted by molar-refractivity contribution is -0.114. The standard InChI is InChI=1S/C23H21BrN2O4/c1-25-23(27)22(26-28-2)20-8-3-4-9-21(20)30-19-7-5-6-16(14-19)15-29-18-12-10-17(24)11-13-18/h3-14H,15H2,1-2H3,(H,25,27). The molecule has 0 radical (unpaired) electrons. The monoisotopic (exact) mass is 468 g/mol. The fraction of sp³-hybridized carbons (Fsp3) is 0.130. The number of para-hydroxylation sites is 1. The van der Waals surface area contributed by atoms with Gasteiger partial charge in [-0.05, 0) is 54.1 Å². The van der Waals surface area contributed by atoms with Crippen molar-refractivity contribution in [3.63, 3.8) is 0 Å². The van der Waals surface area contributed by atoms with Gasteiger partial charge in [-0.25, -0.2) is 0 Å². The Morgan fingerprint density at radius 1 is 1.00 bits per heavy atom. The fourth-order valence-electron chi connectivity index (χ4n) is 2.70. The summed E-state index contributed by atoms with van der Waals surface area (Å²) in [5, 5.41) is 6.41. The van der Waals surface area contributed by atoms with Crippen molar-refractivity contribution in [2.45, 2.75) is 6.61 Å². The third kappa shape index (κ3) is 5.61. The van der Waals surface area contributed by atoms with Crippen LogP contribution in [0.2, 0.25) is 0 Å². The van der Waals surface area contributed by atoms with Crippen molar-refractivity contribution >= 4 is 27.5 Å². The average Bonchev–Trinajstić information content (AvgIpc) is 2.77. The molecule has 0 aliphatic carbocycles. The molecule has 3 rings (SSSR count). The number of halogens is 1. The second kappa shape index (κ2) is 10.5. The smallest absolute Gasteiger partial charge is 0.273 e. The Kier molecular flexibility index (Phi) is 7.45. The molecule has 0 saturated heterocycles. The zero-order valence-electron chi connectivity index (χ0n) is 16.6. The Balaban J connectivity index is 1.78. The molecule has 1 N–H and O–H groups in total. The molecule has 0 aromatic heterocycles. The molecule has 6 nitrogen and oxygen atoms in total. The second-order valence-electron chi connectivity index (χ2n) is 6.19. The zero-order valence-corrected chi connectivity index (χ0v) is 18.2. The zero-order chi connectivity index (χ0) is 21.3. The number of ether oxygens (including phenoxy) is 2. The summed E-state index contributed by atoms with van der Waals surface area (Å²) in [7, 11) is 2.92. The summed E-state index contributed by atoms with van der Waals surface area (Å²) in [6.45, 7) is 0.398. The Morgan fingerprint density at radius 2 is 1.77 bits per heavy atom. The third-order valence-electron chi connectivity index (χ3n) is 4.11. The van der Waals surface area contributed by atoms with E-state index in [4.69, 9.17) is 14.3 Å². The first-order valence-corrected chi connectivity index (χ1v) is 9.98. The maximum atomic E-state index is 12.2. The van der Waals surface area contributed by atoms with E-state index in [-0.39, 0.29) is 11.6 Å². The Bertz CT molecular complexity index is 1040. The normalized spacial score (nSPS) is 11.0. The van der Waals surface area contributed by atoms with Crippen LogP contribution in [0.1, 0.15) is 11.1 Å². The first-order chi connectivity index (χ1) is 14.6. The highest BCUT2D eigenvalue weighted by Gasteiger charge is 2.18. The highest BCUT2D eigenvalue weighted by Crippen LogP contribution is 2.27. The van der Waals surface area contributed by atoms with Crippen LogP contribution in [0.3, 0.4) is 0 Å². The molecule has 0 fully saturated rings. The van der Waals surface area contributed by atoms with Gasteiger partial charge < -0.3 is 19.6 Å². The SMILES string of the molecule is CNC(=O)C(=NOC)c1ccccc1Oc1cccc(COc2ccc(Br)cc2)c1. The molecule has 0 heterocycles. The number of rotatable bonds is 8. The summed E-state index contributed by atoms with van der Waals surface area (Å²) < 4.78 is 12.9. The quantitative estimate of drug-likeness (QED) is 0.376. The summed E-state index contributed by atoms with van der Waals surface area (Å²) in [5.74, 6) is 1.52. The molecular weight excluding hydrogens is 448 g/mol. The van der Waals surface area contributed by atoms with E-state index in [0.29, 0.717) is 23.7 Å². The molecule has 0 aliphatic rings. The van der Waals surface area contributed by atoms with E-state index in [2.05, 4.69) is 26.4 Å². The van der Waals surface area contributed by atoms with Crippen molar-refractivity contribution in [1.29, 1.82) is 0 Å². The van der Waals surface area contributed by atoms with E-state index in [9.17, 15) is 4.79 Å². The lowest BCUT2D eigenvalue weighted by Crippen LogP contribution is -2.28. The molecule has 1 amide bonds. The lowest BCUT2D eigenvalue weighted by Gasteiger charge is -2.13. The molecule has 7 heteroatoms. The Labute approximate surface area is 183 Å². The van der Waals surface area contributed by atoms with Gasteiger partial charge in [0.25, 0.3) is 5.91 Å². The first kappa shape index (κ1) is 21.4. The molecule has 154 valence electrons. The van der Waals surface area contributed by atoms with Crippen molar-refractivity contribution in [2.75, 3.05) is 14.2 Å². The van der Waals surface area contributed by atoms with Gasteiger partial charge in [-0.3, -0.25) is 4.79 Å². The third-order valence-corrected chi connectivity index (χ3v) is 4.64. The lowest BCUT2D eigenvalue weighted by atomic mass is 10.1. The van der Waals surface area contributed by atoms with Gasteiger partial charge >= 0.3 is 0 Å². The van der Waals surface area contributed by atoms with Crippen molar-refractivity contribution in [3.8, 4) is 17.2 Å². The van der Waals surface area contributed by atoms with Crippen LogP contribution in [-0.2, 0) is 16.2 Å². The molecule has 0 saturated carbocycles. The van der Waals surface area contributed by atoms with Gasteiger partial charge in [0.1, 0.15) is 31.0 Å². The van der Waals surface area contributed by atoms with Crippen molar-refractivity contribution in [3.05, 3.63) is 88.4 Å². The minimum Gasteiger partial charge on any atom is -0.489 e. The largest absolute Gasteiger partial charge is 0.489 e. The van der Waals surface area contributed by atoms with Gasteiger partial charge in [-0.1, -0.05) is 45.4 Å². The van der Waals surface area contributed by atoms with E-state index in [1.165, 1.54) is 14.2 Å². The van der Waals surface area contributed by atoms with Gasteiger partial charge in [-0.2, -0.15) is 0 Å². The van der Waals surface area contributed by atoms with Crippen molar-refractivity contribution in [2.24, 2.45) is 5.16 Å². The summed E-state index contributed by atoms with van der Waals surface area (Å²) in [6, 6.07) is 22.4. The van der Waals surface area contributed by atoms with Gasteiger partial charge in [-0.15, -0.1) is 0 Å². The summed E-state index contributed by atoms with van der Waals surface area (Å²) in [4.78, 5) is 17.0. The van der Waals surface area contributed by atoms with Crippen LogP contribution >= 0.6 is 15.9 Å². The Morgan fingerprint density at radius 3 is 2.50 bits per heavy atom. The van der Waals surface area contributed by atoms with Gasteiger partial charge in [0.15, 0.2) is 5.71 Å². The molecule has 0 unspecified atom stereocenters. The number of benzene rings is 3. The van der Waals surface area contributed by atoms with E-state index in [1.54, 1.807) is 18.2 Å². The van der Waals surface area contributed by atoms with Gasteiger partial charge in [0.2, 0.25) is 0 Å². The van der Waals surface area contributed by atoms with Crippen LogP contribution in [0.4, 0.5) is 0 Å². The molecule has 0 atom stereocenters. The van der Waals surface area contributed by atoms with E-state index >= 15 is 0 Å². The van der Waals surface area contributed by atoms with Crippen molar-refractivity contribution < 1.29 is 19.1 Å². The van der Waals surface area contributed by atoms with E-state index in [1.807, 2.05) is 54.6 Å². The number of hydrogen-bond donors (Lipinski definition) is 1. The molecule has 30 heavy (non-hydrogen) atoms. The van der Waals surface area contributed by atoms with Crippen LogP contribution in [0.25, 0.3) is 0 Å². The van der Waals surface area contributed by atoms with Crippen LogP contribution in [0.15, 0.2) is 82.4 Å². The van der Waals surface area contributed by atoms with Crippen molar-refractivity contribution in [1.82, 2.24) is 5.32 Å². The number of hydrogen-bond acceptors (Lipinski definition) is 5. The number of nitrogens with zero attached hydrogens (tertiary/aromatic N) is 1. The summed E-state index contributed by atoms with van der Waals surface area (Å²) >= 11 is 3.41. The first-order valence-electron chi connectivity index (χ1n) is 9.18. The van der Waals surface area contributed by atoms with Crippen LogP contribution < -0.4 is 14.8 Å². The van der Waals surface area contributed by atoms with Crippen LogP contribution in [-0.4, -0.2) is 25.8 Å². The number of nitrogens with one attached hydrogen (secondary N) is 1. The number of carbonyl (C=O) groups excluding carboxylic acids is 1. The number of likely N-dealkylation sites (N-methyl/N-ethyl adjacent to an activating group) is 1. The number of amides is 1. The van der Waals surface area contributed by atoms with Crippen LogP contribution in [0.5, 0.6) is 17.2 Å². The highest BCUT2D eigenvalue weighted by molar-refractivity contribution is 9.10. The highest BCUT2D eigenvalue weighted by atomic mass is 79.9. The molecule has 0 spiro atoms. The van der Waals surface area contributed by atoms with Crippen LogP contribution in [0, 0.1) is 0 Å².